The summed E-state index contributed by atoms with van der Waals surface area (Å²) in [5.41, 5.74) is -0.754. The van der Waals surface area contributed by atoms with Gasteiger partial charge in [0.1, 0.15) is 5.82 Å². The number of aliphatic hydroxyl groups is 1. The molecule has 16 heavy (non-hydrogen) atoms. The number of aromatic nitrogens is 1. The van der Waals surface area contributed by atoms with Crippen LogP contribution in [0.5, 0.6) is 0 Å². The van der Waals surface area contributed by atoms with Crippen LogP contribution in [0.15, 0.2) is 18.3 Å². The molecule has 0 aliphatic rings. The molecular formula is C10H13F3N2O. The molecule has 1 unspecified atom stereocenters. The summed E-state index contributed by atoms with van der Waals surface area (Å²) in [4.78, 5) is 3.74. The van der Waals surface area contributed by atoms with Gasteiger partial charge in [-0.2, -0.15) is 13.2 Å². The summed E-state index contributed by atoms with van der Waals surface area (Å²) in [6.45, 7) is 1.97. The van der Waals surface area contributed by atoms with E-state index in [1.807, 2.05) is 0 Å². The van der Waals surface area contributed by atoms with Gasteiger partial charge in [0.15, 0.2) is 0 Å². The van der Waals surface area contributed by atoms with Gasteiger partial charge >= 0.3 is 6.18 Å². The van der Waals surface area contributed by atoms with Crippen molar-refractivity contribution in [2.75, 3.05) is 11.9 Å². The minimum absolute atomic E-state index is 0.113. The maximum absolute atomic E-state index is 12.3. The number of nitrogens with zero attached hydrogens (tertiary/aromatic N) is 1. The third kappa shape index (κ3) is 3.69. The molecule has 0 fully saturated rings. The molecule has 0 saturated carbocycles. The van der Waals surface area contributed by atoms with E-state index in [-0.39, 0.29) is 12.4 Å². The van der Waals surface area contributed by atoms with Gasteiger partial charge in [0.05, 0.1) is 11.7 Å². The van der Waals surface area contributed by atoms with Gasteiger partial charge in [-0.15, -0.1) is 0 Å². The first kappa shape index (κ1) is 12.8. The first-order valence-electron chi connectivity index (χ1n) is 4.88. The van der Waals surface area contributed by atoms with Crippen molar-refractivity contribution in [3.05, 3.63) is 23.9 Å². The maximum atomic E-state index is 12.3. The second kappa shape index (κ2) is 5.16. The Balaban J connectivity index is 2.68. The summed E-state index contributed by atoms with van der Waals surface area (Å²) in [7, 11) is 0. The number of aliphatic hydroxyl groups excluding tert-OH is 1. The van der Waals surface area contributed by atoms with E-state index < -0.39 is 17.8 Å². The van der Waals surface area contributed by atoms with Gasteiger partial charge in [-0.1, -0.05) is 6.92 Å². The molecular weight excluding hydrogens is 221 g/mol. The smallest absolute Gasteiger partial charge is 0.391 e. The first-order chi connectivity index (χ1) is 7.43. The van der Waals surface area contributed by atoms with Crippen LogP contribution in [0.4, 0.5) is 19.0 Å². The van der Waals surface area contributed by atoms with E-state index in [0.717, 1.165) is 18.3 Å². The van der Waals surface area contributed by atoms with Crippen LogP contribution in [0.25, 0.3) is 0 Å². The number of nitrogens with one attached hydrogen (secondary N) is 1. The highest BCUT2D eigenvalue weighted by atomic mass is 19.4. The molecule has 1 aromatic rings. The zero-order chi connectivity index (χ0) is 12.2. The van der Waals surface area contributed by atoms with E-state index in [4.69, 9.17) is 0 Å². The molecule has 2 N–H and O–H groups in total. The Morgan fingerprint density at radius 2 is 2.19 bits per heavy atom. The van der Waals surface area contributed by atoms with Crippen LogP contribution in [0.3, 0.4) is 0 Å². The average molecular weight is 234 g/mol. The molecule has 0 saturated heterocycles. The number of rotatable bonds is 4. The lowest BCUT2D eigenvalue weighted by atomic mass is 10.2. The maximum Gasteiger partial charge on any atom is 0.416 e. The predicted molar refractivity (Wildman–Crippen MR) is 54.0 cm³/mol. The highest BCUT2D eigenvalue weighted by molar-refractivity contribution is 5.38. The third-order valence-corrected chi connectivity index (χ3v) is 2.08. The number of halogens is 3. The van der Waals surface area contributed by atoms with E-state index in [9.17, 15) is 18.3 Å². The molecule has 0 aliphatic heterocycles. The van der Waals surface area contributed by atoms with Crippen LogP contribution in [0, 0.1) is 0 Å². The molecule has 1 heterocycles. The summed E-state index contributed by atoms with van der Waals surface area (Å²) in [6, 6.07) is 1.82. The largest absolute Gasteiger partial charge is 0.416 e. The molecule has 0 aromatic carbocycles. The molecule has 0 spiro atoms. The molecule has 1 rings (SSSR count). The zero-order valence-corrected chi connectivity index (χ0v) is 8.75. The normalized spacial score (nSPS) is 13.6. The van der Waals surface area contributed by atoms with Gasteiger partial charge in [-0.05, 0) is 18.6 Å². The number of hydrogen-bond donors (Lipinski definition) is 2. The second-order valence-electron chi connectivity index (χ2n) is 3.37. The predicted octanol–water partition coefficient (Wildman–Crippen LogP) is 2.28. The SMILES string of the molecule is CCC(O)CNc1cc(C(F)(F)F)ccn1. The summed E-state index contributed by atoms with van der Waals surface area (Å²) >= 11 is 0. The highest BCUT2D eigenvalue weighted by Crippen LogP contribution is 2.29. The molecule has 90 valence electrons. The summed E-state index contributed by atoms with van der Waals surface area (Å²) in [6.07, 6.45) is -3.34. The van der Waals surface area contributed by atoms with Crippen LogP contribution < -0.4 is 5.32 Å². The molecule has 1 atom stereocenters. The molecule has 6 heteroatoms. The van der Waals surface area contributed by atoms with Crippen LogP contribution >= 0.6 is 0 Å². The average Bonchev–Trinajstić information content (AvgIpc) is 2.25. The highest BCUT2D eigenvalue weighted by Gasteiger charge is 2.30. The van der Waals surface area contributed by atoms with Gasteiger partial charge in [-0.3, -0.25) is 0 Å². The molecule has 1 aromatic heterocycles. The zero-order valence-electron chi connectivity index (χ0n) is 8.75. The Morgan fingerprint density at radius 1 is 1.50 bits per heavy atom. The minimum atomic E-state index is -4.37. The lowest BCUT2D eigenvalue weighted by Gasteiger charge is -2.11. The van der Waals surface area contributed by atoms with Gasteiger partial charge in [0.25, 0.3) is 0 Å². The third-order valence-electron chi connectivity index (χ3n) is 2.08. The van der Waals surface area contributed by atoms with Crippen LogP contribution in [-0.2, 0) is 6.18 Å². The molecule has 0 aliphatic carbocycles. The fraction of sp³-hybridized carbons (Fsp3) is 0.500. The monoisotopic (exact) mass is 234 g/mol. The van der Waals surface area contributed by atoms with E-state index in [2.05, 4.69) is 10.3 Å². The molecule has 3 nitrogen and oxygen atoms in total. The number of alkyl halides is 3. The topological polar surface area (TPSA) is 45.1 Å². The number of hydrogen-bond acceptors (Lipinski definition) is 3. The Hall–Kier alpha value is -1.30. The molecule has 0 bridgehead atoms. The summed E-state index contributed by atoms with van der Waals surface area (Å²) in [5, 5.41) is 11.9. The fourth-order valence-electron chi connectivity index (χ4n) is 1.07. The lowest BCUT2D eigenvalue weighted by Crippen LogP contribution is -2.19. The summed E-state index contributed by atoms with van der Waals surface area (Å²) < 4.78 is 37.0. The van der Waals surface area contributed by atoms with Gasteiger partial charge in [-0.25, -0.2) is 4.98 Å². The Labute approximate surface area is 91.3 Å². The van der Waals surface area contributed by atoms with Crippen LogP contribution in [0.2, 0.25) is 0 Å². The van der Waals surface area contributed by atoms with Gasteiger partial charge in [0, 0.05) is 12.7 Å². The molecule has 0 radical (unpaired) electrons. The minimum Gasteiger partial charge on any atom is -0.391 e. The van der Waals surface area contributed by atoms with Gasteiger partial charge < -0.3 is 10.4 Å². The van der Waals surface area contributed by atoms with E-state index in [1.54, 1.807) is 6.92 Å². The lowest BCUT2D eigenvalue weighted by molar-refractivity contribution is -0.137. The van der Waals surface area contributed by atoms with Crippen molar-refractivity contribution >= 4 is 5.82 Å². The number of pyridine rings is 1. The first-order valence-corrected chi connectivity index (χ1v) is 4.88. The van der Waals surface area contributed by atoms with Crippen molar-refractivity contribution in [3.63, 3.8) is 0 Å². The van der Waals surface area contributed by atoms with Crippen LogP contribution in [-0.4, -0.2) is 22.7 Å². The van der Waals surface area contributed by atoms with Crippen molar-refractivity contribution in [2.45, 2.75) is 25.6 Å². The van der Waals surface area contributed by atoms with E-state index in [0.29, 0.717) is 6.42 Å². The van der Waals surface area contributed by atoms with E-state index in [1.165, 1.54) is 0 Å². The van der Waals surface area contributed by atoms with Crippen molar-refractivity contribution in [1.29, 1.82) is 0 Å². The van der Waals surface area contributed by atoms with Crippen molar-refractivity contribution < 1.29 is 18.3 Å². The molecule has 0 amide bonds. The second-order valence-corrected chi connectivity index (χ2v) is 3.37. The van der Waals surface area contributed by atoms with Crippen molar-refractivity contribution in [2.24, 2.45) is 0 Å². The standard InChI is InChI=1S/C10H13F3N2O/c1-2-8(16)6-15-9-5-7(3-4-14-9)10(11,12)13/h3-5,8,16H,2,6H2,1H3,(H,14,15). The van der Waals surface area contributed by atoms with Crippen LogP contribution in [0.1, 0.15) is 18.9 Å². The van der Waals surface area contributed by atoms with Crippen molar-refractivity contribution in [3.8, 4) is 0 Å². The quantitative estimate of drug-likeness (QED) is 0.840. The van der Waals surface area contributed by atoms with E-state index >= 15 is 0 Å². The summed E-state index contributed by atoms with van der Waals surface area (Å²) in [5.74, 6) is 0.113. The Bertz CT molecular complexity index is 341. The van der Waals surface area contributed by atoms with Crippen molar-refractivity contribution in [1.82, 2.24) is 4.98 Å². The number of anilines is 1. The van der Waals surface area contributed by atoms with Gasteiger partial charge in [0.2, 0.25) is 0 Å². The Kier molecular flexibility index (Phi) is 4.12. The Morgan fingerprint density at radius 3 is 2.75 bits per heavy atom. The fourth-order valence-corrected chi connectivity index (χ4v) is 1.07.